The molecule has 3 aliphatic carbocycles. The van der Waals surface area contributed by atoms with Crippen LogP contribution in [-0.2, 0) is 0 Å². The van der Waals surface area contributed by atoms with E-state index in [0.29, 0.717) is 6.04 Å². The van der Waals surface area contributed by atoms with Crippen LogP contribution in [0, 0.1) is 17.8 Å². The van der Waals surface area contributed by atoms with Crippen LogP contribution >= 0.6 is 22.9 Å². The van der Waals surface area contributed by atoms with Crippen LogP contribution in [0.4, 0.5) is 0 Å². The van der Waals surface area contributed by atoms with E-state index in [1.54, 1.807) is 11.3 Å². The van der Waals surface area contributed by atoms with Crippen molar-refractivity contribution in [2.75, 3.05) is 6.54 Å². The number of hydrogen-bond acceptors (Lipinski definition) is 2. The Labute approximate surface area is 139 Å². The van der Waals surface area contributed by atoms with Gasteiger partial charge in [0.25, 0.3) is 5.91 Å². The van der Waals surface area contributed by atoms with Crippen molar-refractivity contribution in [2.45, 2.75) is 31.7 Å². The molecule has 6 rings (SSSR count). The number of likely N-dealkylation sites (tertiary alicyclic amines) is 1. The van der Waals surface area contributed by atoms with E-state index in [1.807, 2.05) is 24.3 Å². The van der Waals surface area contributed by atoms with E-state index in [-0.39, 0.29) is 5.91 Å². The molecule has 0 spiro atoms. The number of nitrogens with zero attached hydrogens (tertiary/aromatic N) is 1. The molecule has 3 saturated carbocycles. The predicted molar refractivity (Wildman–Crippen MR) is 90.6 cm³/mol. The molecule has 1 aromatic heterocycles. The lowest BCUT2D eigenvalue weighted by Crippen LogP contribution is -2.42. The molecule has 2 nitrogen and oxygen atoms in total. The van der Waals surface area contributed by atoms with Crippen molar-refractivity contribution in [1.29, 1.82) is 0 Å². The highest BCUT2D eigenvalue weighted by molar-refractivity contribution is 7.21. The molecule has 1 amide bonds. The highest BCUT2D eigenvalue weighted by atomic mass is 35.5. The number of amides is 1. The van der Waals surface area contributed by atoms with Crippen LogP contribution in [-0.4, -0.2) is 23.4 Å². The van der Waals surface area contributed by atoms with Crippen molar-refractivity contribution in [1.82, 2.24) is 4.90 Å². The summed E-state index contributed by atoms with van der Waals surface area (Å²) in [6, 6.07) is 8.42. The summed E-state index contributed by atoms with van der Waals surface area (Å²) in [5, 5.41) is 1.84. The second-order valence-corrected chi connectivity index (χ2v) is 8.59. The first-order valence-electron chi connectivity index (χ1n) is 8.20. The molecule has 4 heteroatoms. The molecular weight excluding hydrogens is 314 g/mol. The van der Waals surface area contributed by atoms with Crippen LogP contribution in [0.15, 0.2) is 24.3 Å². The first-order chi connectivity index (χ1) is 10.7. The molecule has 114 valence electrons. The minimum absolute atomic E-state index is 0.234. The van der Waals surface area contributed by atoms with Crippen LogP contribution < -0.4 is 0 Å². The minimum atomic E-state index is 0.234. The molecule has 1 aliphatic heterocycles. The third-order valence-electron chi connectivity index (χ3n) is 6.02. The number of rotatable bonds is 1. The molecule has 2 heterocycles. The highest BCUT2D eigenvalue weighted by Crippen LogP contribution is 2.52. The van der Waals surface area contributed by atoms with Gasteiger partial charge in [0.05, 0.1) is 14.6 Å². The zero-order chi connectivity index (χ0) is 14.8. The lowest BCUT2D eigenvalue weighted by atomic mass is 9.65. The van der Waals surface area contributed by atoms with E-state index in [9.17, 15) is 4.79 Å². The van der Waals surface area contributed by atoms with Gasteiger partial charge in [-0.3, -0.25) is 4.79 Å². The lowest BCUT2D eigenvalue weighted by Gasteiger charge is -2.42. The summed E-state index contributed by atoms with van der Waals surface area (Å²) < 4.78 is 1.04. The van der Waals surface area contributed by atoms with Gasteiger partial charge in [0, 0.05) is 12.6 Å². The van der Waals surface area contributed by atoms with Crippen molar-refractivity contribution in [3.63, 3.8) is 0 Å². The Bertz CT molecular complexity index is 770. The predicted octanol–water partition coefficient (Wildman–Crippen LogP) is 4.82. The maximum Gasteiger partial charge on any atom is 0.264 e. The molecule has 4 unspecified atom stereocenters. The molecule has 4 atom stereocenters. The van der Waals surface area contributed by atoms with Crippen LogP contribution in [0.3, 0.4) is 0 Å². The quantitative estimate of drug-likeness (QED) is 0.734. The molecule has 22 heavy (non-hydrogen) atoms. The summed E-state index contributed by atoms with van der Waals surface area (Å²) in [6.07, 6.45) is 5.31. The van der Waals surface area contributed by atoms with Gasteiger partial charge in [-0.2, -0.15) is 0 Å². The Morgan fingerprint density at radius 3 is 2.95 bits per heavy atom. The number of fused-ring (bicyclic) bond motifs is 2. The molecule has 1 aromatic carbocycles. The molecule has 0 N–H and O–H groups in total. The normalized spacial score (nSPS) is 32.9. The van der Waals surface area contributed by atoms with Gasteiger partial charge < -0.3 is 4.90 Å². The van der Waals surface area contributed by atoms with Crippen molar-refractivity contribution in [3.05, 3.63) is 34.2 Å². The molecular formula is C18H18ClNOS. The number of benzene rings is 1. The third-order valence-corrected chi connectivity index (χ3v) is 7.62. The van der Waals surface area contributed by atoms with E-state index in [2.05, 4.69) is 4.90 Å². The lowest BCUT2D eigenvalue weighted by molar-refractivity contribution is 0.0614. The second kappa shape index (κ2) is 4.72. The van der Waals surface area contributed by atoms with Gasteiger partial charge in [-0.25, -0.2) is 0 Å². The van der Waals surface area contributed by atoms with Gasteiger partial charge in [0.15, 0.2) is 0 Å². The van der Waals surface area contributed by atoms with Crippen LogP contribution in [0.2, 0.25) is 5.02 Å². The Morgan fingerprint density at radius 2 is 2.18 bits per heavy atom. The Morgan fingerprint density at radius 1 is 1.27 bits per heavy atom. The second-order valence-electron chi connectivity index (χ2n) is 7.13. The average Bonchev–Trinajstić information content (AvgIpc) is 3.08. The number of thiophene rings is 1. The van der Waals surface area contributed by atoms with E-state index in [4.69, 9.17) is 11.6 Å². The Kier molecular flexibility index (Phi) is 2.87. The minimum Gasteiger partial charge on any atom is -0.334 e. The topological polar surface area (TPSA) is 20.3 Å². The maximum atomic E-state index is 13.0. The summed E-state index contributed by atoms with van der Waals surface area (Å²) >= 11 is 7.81. The summed E-state index contributed by atoms with van der Waals surface area (Å²) in [5.41, 5.74) is 0. The Hall–Kier alpha value is -1.06. The van der Waals surface area contributed by atoms with Gasteiger partial charge in [-0.05, 0) is 54.5 Å². The summed E-state index contributed by atoms with van der Waals surface area (Å²) in [6.45, 7) is 0.979. The fourth-order valence-corrected chi connectivity index (χ4v) is 6.40. The zero-order valence-corrected chi connectivity index (χ0v) is 13.9. The fourth-order valence-electron chi connectivity index (χ4n) is 5.09. The number of carbonyl (C=O) groups is 1. The largest absolute Gasteiger partial charge is 0.334 e. The fraction of sp³-hybridized carbons (Fsp3) is 0.500. The van der Waals surface area contributed by atoms with Crippen molar-refractivity contribution in [3.8, 4) is 0 Å². The molecule has 1 saturated heterocycles. The summed E-state index contributed by atoms with van der Waals surface area (Å²) in [4.78, 5) is 16.1. The van der Waals surface area contributed by atoms with E-state index < -0.39 is 0 Å². The SMILES string of the molecule is O=C(c1cc2cccc(Cl)c2s1)N1CC2CC3CCC2C1C3. The summed E-state index contributed by atoms with van der Waals surface area (Å²) in [7, 11) is 0. The average molecular weight is 332 g/mol. The number of hydrogen-bond donors (Lipinski definition) is 0. The van der Waals surface area contributed by atoms with Crippen molar-refractivity contribution < 1.29 is 4.79 Å². The zero-order valence-electron chi connectivity index (χ0n) is 12.3. The number of carbonyl (C=O) groups excluding carboxylic acids is 1. The van der Waals surface area contributed by atoms with E-state index >= 15 is 0 Å². The molecule has 0 radical (unpaired) electrons. The highest BCUT2D eigenvalue weighted by Gasteiger charge is 2.51. The van der Waals surface area contributed by atoms with Gasteiger partial charge in [0.1, 0.15) is 0 Å². The van der Waals surface area contributed by atoms with Crippen LogP contribution in [0.1, 0.15) is 35.4 Å². The first kappa shape index (κ1) is 13.4. The van der Waals surface area contributed by atoms with E-state index in [0.717, 1.165) is 44.3 Å². The van der Waals surface area contributed by atoms with Gasteiger partial charge >= 0.3 is 0 Å². The van der Waals surface area contributed by atoms with E-state index in [1.165, 1.54) is 25.7 Å². The van der Waals surface area contributed by atoms with Gasteiger partial charge in [-0.1, -0.05) is 30.2 Å². The molecule has 2 aromatic rings. The monoisotopic (exact) mass is 331 g/mol. The summed E-state index contributed by atoms with van der Waals surface area (Å²) in [5.74, 6) is 2.64. The third kappa shape index (κ3) is 1.82. The van der Waals surface area contributed by atoms with Gasteiger partial charge in [-0.15, -0.1) is 11.3 Å². The standard InChI is InChI=1S/C18H18ClNOS/c19-14-3-1-2-11-8-16(22-17(11)14)18(21)20-9-12-6-10-4-5-13(12)15(20)7-10/h1-3,8,10,12-13,15H,4-7,9H2. The van der Waals surface area contributed by atoms with Crippen molar-refractivity contribution in [2.24, 2.45) is 17.8 Å². The van der Waals surface area contributed by atoms with Crippen LogP contribution in [0.5, 0.6) is 0 Å². The smallest absolute Gasteiger partial charge is 0.264 e. The van der Waals surface area contributed by atoms with Gasteiger partial charge in [0.2, 0.25) is 0 Å². The first-order valence-corrected chi connectivity index (χ1v) is 9.39. The number of halogens is 1. The Balaban J connectivity index is 1.50. The van der Waals surface area contributed by atoms with Crippen LogP contribution in [0.25, 0.3) is 10.1 Å². The maximum absolute atomic E-state index is 13.0. The molecule has 4 aliphatic rings. The molecule has 4 fully saturated rings. The van der Waals surface area contributed by atoms with Crippen molar-refractivity contribution >= 4 is 38.9 Å². The molecule has 4 bridgehead atoms.